The lowest BCUT2D eigenvalue weighted by atomic mass is 10.2. The van der Waals surface area contributed by atoms with Crippen LogP contribution in [0.15, 0.2) is 36.5 Å². The molecular formula is C14H16N4OS2. The summed E-state index contributed by atoms with van der Waals surface area (Å²) in [5.41, 5.74) is 2.07. The molecule has 0 bridgehead atoms. The van der Waals surface area contributed by atoms with Crippen molar-refractivity contribution in [3.63, 3.8) is 0 Å². The van der Waals surface area contributed by atoms with Crippen LogP contribution in [0.25, 0.3) is 4.96 Å². The fraction of sp³-hybridized carbons (Fsp3) is 0.286. The highest BCUT2D eigenvalue weighted by molar-refractivity contribution is 7.84. The third kappa shape index (κ3) is 3.68. The summed E-state index contributed by atoms with van der Waals surface area (Å²) in [5, 5.41) is 8.40. The number of hydrogen-bond acceptors (Lipinski definition) is 5. The standard InChI is InChI=1S/C14H16N4OS2/c1-11-9-18-14(16-11)20-13(17-18)15-7-8-21(19)10-12-5-3-2-4-6-12/h2-6,9H,7-8,10H2,1H3,(H,15,17)/t21-/m0/s1. The van der Waals surface area contributed by atoms with Gasteiger partial charge in [-0.15, -0.1) is 5.10 Å². The highest BCUT2D eigenvalue weighted by Crippen LogP contribution is 2.18. The summed E-state index contributed by atoms with van der Waals surface area (Å²) in [5.74, 6) is 1.21. The summed E-state index contributed by atoms with van der Waals surface area (Å²) in [6.45, 7) is 2.59. The van der Waals surface area contributed by atoms with E-state index >= 15 is 0 Å². The Bertz CT molecular complexity index is 719. The zero-order valence-electron chi connectivity index (χ0n) is 11.7. The van der Waals surface area contributed by atoms with Crippen molar-refractivity contribution in [2.75, 3.05) is 17.6 Å². The van der Waals surface area contributed by atoms with Crippen molar-refractivity contribution in [2.24, 2.45) is 0 Å². The average Bonchev–Trinajstić information content (AvgIpc) is 2.96. The number of aromatic nitrogens is 3. The Morgan fingerprint density at radius 2 is 2.14 bits per heavy atom. The minimum atomic E-state index is -0.865. The van der Waals surface area contributed by atoms with Crippen LogP contribution in [-0.2, 0) is 16.6 Å². The first-order valence-corrected chi connectivity index (χ1v) is 8.97. The average molecular weight is 320 g/mol. The minimum absolute atomic E-state index is 0.600. The molecule has 5 nitrogen and oxygen atoms in total. The zero-order chi connectivity index (χ0) is 14.7. The highest BCUT2D eigenvalue weighted by Gasteiger charge is 2.06. The van der Waals surface area contributed by atoms with Crippen LogP contribution in [0.1, 0.15) is 11.3 Å². The smallest absolute Gasteiger partial charge is 0.214 e. The molecule has 0 fully saturated rings. The van der Waals surface area contributed by atoms with E-state index in [-0.39, 0.29) is 0 Å². The number of nitrogens with zero attached hydrogens (tertiary/aromatic N) is 3. The number of anilines is 1. The number of hydrogen-bond donors (Lipinski definition) is 1. The minimum Gasteiger partial charge on any atom is -0.359 e. The molecule has 0 spiro atoms. The molecular weight excluding hydrogens is 304 g/mol. The van der Waals surface area contributed by atoms with Gasteiger partial charge in [0.05, 0.1) is 11.9 Å². The maximum Gasteiger partial charge on any atom is 0.214 e. The SMILES string of the molecule is Cc1cn2nc(NCC[S@](=O)Cc3ccccc3)sc2n1. The molecule has 21 heavy (non-hydrogen) atoms. The lowest BCUT2D eigenvalue weighted by Crippen LogP contribution is -2.12. The van der Waals surface area contributed by atoms with Crippen LogP contribution >= 0.6 is 11.3 Å². The number of aryl methyl sites for hydroxylation is 1. The first-order chi connectivity index (χ1) is 10.2. The fourth-order valence-corrected chi connectivity index (χ4v) is 3.88. The molecule has 0 aliphatic carbocycles. The molecule has 0 amide bonds. The van der Waals surface area contributed by atoms with Gasteiger partial charge in [-0.1, -0.05) is 41.7 Å². The Hall–Kier alpha value is -1.73. The first-order valence-electron chi connectivity index (χ1n) is 6.66. The molecule has 2 aromatic heterocycles. The Morgan fingerprint density at radius 3 is 2.90 bits per heavy atom. The molecule has 3 aromatic rings. The van der Waals surface area contributed by atoms with E-state index in [1.807, 2.05) is 43.5 Å². The van der Waals surface area contributed by atoms with E-state index in [0.29, 0.717) is 18.1 Å². The molecule has 0 aliphatic rings. The van der Waals surface area contributed by atoms with E-state index in [1.54, 1.807) is 4.52 Å². The molecule has 2 heterocycles. The molecule has 110 valence electrons. The van der Waals surface area contributed by atoms with Crippen LogP contribution < -0.4 is 5.32 Å². The van der Waals surface area contributed by atoms with Gasteiger partial charge in [-0.3, -0.25) is 4.21 Å². The summed E-state index contributed by atoms with van der Waals surface area (Å²) in [6.07, 6.45) is 1.89. The molecule has 0 unspecified atom stereocenters. The van der Waals surface area contributed by atoms with Crippen molar-refractivity contribution < 1.29 is 4.21 Å². The number of nitrogens with one attached hydrogen (secondary N) is 1. The van der Waals surface area contributed by atoms with Crippen LogP contribution in [0.3, 0.4) is 0 Å². The normalized spacial score (nSPS) is 12.6. The highest BCUT2D eigenvalue weighted by atomic mass is 32.2. The van der Waals surface area contributed by atoms with Gasteiger partial charge in [-0.25, -0.2) is 9.50 Å². The van der Waals surface area contributed by atoms with Gasteiger partial charge < -0.3 is 5.32 Å². The van der Waals surface area contributed by atoms with Crippen LogP contribution in [0.5, 0.6) is 0 Å². The van der Waals surface area contributed by atoms with Gasteiger partial charge in [0.25, 0.3) is 0 Å². The van der Waals surface area contributed by atoms with Gasteiger partial charge in [0.15, 0.2) is 0 Å². The summed E-state index contributed by atoms with van der Waals surface area (Å²) < 4.78 is 13.8. The van der Waals surface area contributed by atoms with Crippen LogP contribution in [0.2, 0.25) is 0 Å². The Morgan fingerprint density at radius 1 is 1.33 bits per heavy atom. The molecule has 0 saturated heterocycles. The Kier molecular flexibility index (Phi) is 4.31. The van der Waals surface area contributed by atoms with Crippen LogP contribution in [0, 0.1) is 6.92 Å². The van der Waals surface area contributed by atoms with Crippen molar-refractivity contribution in [3.05, 3.63) is 47.8 Å². The second-order valence-electron chi connectivity index (χ2n) is 4.72. The molecule has 0 radical (unpaired) electrons. The second-order valence-corrected chi connectivity index (χ2v) is 7.25. The molecule has 3 rings (SSSR count). The van der Waals surface area contributed by atoms with Crippen molar-refractivity contribution in [2.45, 2.75) is 12.7 Å². The van der Waals surface area contributed by atoms with Crippen molar-refractivity contribution in [1.29, 1.82) is 0 Å². The van der Waals surface area contributed by atoms with Crippen molar-refractivity contribution in [3.8, 4) is 0 Å². The molecule has 7 heteroatoms. The summed E-state index contributed by atoms with van der Waals surface area (Å²) in [7, 11) is -0.865. The lowest BCUT2D eigenvalue weighted by molar-refractivity contribution is 0.682. The number of fused-ring (bicyclic) bond motifs is 1. The van der Waals surface area contributed by atoms with Gasteiger partial charge in [0, 0.05) is 28.9 Å². The first kappa shape index (κ1) is 14.2. The van der Waals surface area contributed by atoms with E-state index in [9.17, 15) is 4.21 Å². The quantitative estimate of drug-likeness (QED) is 0.758. The number of rotatable bonds is 6. The third-order valence-corrected chi connectivity index (χ3v) is 5.14. The van der Waals surface area contributed by atoms with Crippen molar-refractivity contribution >= 4 is 32.2 Å². The lowest BCUT2D eigenvalue weighted by Gasteiger charge is -2.03. The van der Waals surface area contributed by atoms with E-state index in [4.69, 9.17) is 0 Å². The van der Waals surface area contributed by atoms with E-state index in [0.717, 1.165) is 21.3 Å². The Balaban J connectivity index is 1.49. The van der Waals surface area contributed by atoms with Gasteiger partial charge in [-0.05, 0) is 12.5 Å². The predicted octanol–water partition coefficient (Wildman–Crippen LogP) is 2.46. The van der Waals surface area contributed by atoms with Gasteiger partial charge in [0.2, 0.25) is 10.1 Å². The van der Waals surface area contributed by atoms with Crippen molar-refractivity contribution in [1.82, 2.24) is 14.6 Å². The third-order valence-electron chi connectivity index (χ3n) is 2.94. The molecule has 1 aromatic carbocycles. The Labute approximate surface area is 129 Å². The maximum atomic E-state index is 12.0. The fourth-order valence-electron chi connectivity index (χ4n) is 1.98. The number of benzene rings is 1. The van der Waals surface area contributed by atoms with E-state index in [1.165, 1.54) is 11.3 Å². The predicted molar refractivity (Wildman–Crippen MR) is 87.2 cm³/mol. The summed E-state index contributed by atoms with van der Waals surface area (Å²) in [6, 6.07) is 9.91. The maximum absolute atomic E-state index is 12.0. The number of imidazole rings is 1. The van der Waals surface area contributed by atoms with Crippen LogP contribution in [0.4, 0.5) is 5.13 Å². The van der Waals surface area contributed by atoms with Crippen LogP contribution in [-0.4, -0.2) is 31.1 Å². The second kappa shape index (κ2) is 6.36. The van der Waals surface area contributed by atoms with Gasteiger partial charge in [0.1, 0.15) is 0 Å². The largest absolute Gasteiger partial charge is 0.359 e. The molecule has 0 aliphatic heterocycles. The van der Waals surface area contributed by atoms with Gasteiger partial charge in [-0.2, -0.15) is 0 Å². The van der Waals surface area contributed by atoms with Gasteiger partial charge >= 0.3 is 0 Å². The van der Waals surface area contributed by atoms with E-state index < -0.39 is 10.8 Å². The molecule has 1 N–H and O–H groups in total. The molecule has 1 atom stereocenters. The summed E-state index contributed by atoms with van der Waals surface area (Å²) in [4.78, 5) is 5.23. The monoisotopic (exact) mass is 320 g/mol. The topological polar surface area (TPSA) is 59.3 Å². The molecule has 0 saturated carbocycles. The van der Waals surface area contributed by atoms with E-state index in [2.05, 4.69) is 15.4 Å². The zero-order valence-corrected chi connectivity index (χ0v) is 13.3. The summed E-state index contributed by atoms with van der Waals surface area (Å²) >= 11 is 1.50.